The van der Waals surface area contributed by atoms with Gasteiger partial charge >= 0.3 is 0 Å². The van der Waals surface area contributed by atoms with Gasteiger partial charge < -0.3 is 14.7 Å². The minimum absolute atomic E-state index is 1.12. The normalized spacial score (nSPS) is 14.8. The summed E-state index contributed by atoms with van der Waals surface area (Å²) >= 11 is 0. The van der Waals surface area contributed by atoms with Gasteiger partial charge in [0.2, 0.25) is 0 Å². The van der Waals surface area contributed by atoms with E-state index in [4.69, 9.17) is 0 Å². The van der Waals surface area contributed by atoms with Gasteiger partial charge in [-0.2, -0.15) is 0 Å². The summed E-state index contributed by atoms with van der Waals surface area (Å²) in [6.45, 7) is 6.52. The molecule has 0 bridgehead atoms. The molecule has 3 saturated carbocycles. The maximum atomic E-state index is 2.45. The Morgan fingerprint density at radius 3 is 0.667 bits per heavy atom. The van der Waals surface area contributed by atoms with Gasteiger partial charge in [0.15, 0.2) is 0 Å². The SMILES string of the molecule is Cc1ccc(N(c2ccc(C=C3CCCCC3)cc2)c2ccc3c(c2)c2ccc(N(c4ccc(C)cc4)c4ccc(C=C5CCCCC5)cc4)cc2c2ccc(N(c4ccc(C)cc4)c4ccc(C=C5CCCCC5)cc4)cc32)cc1. The van der Waals surface area contributed by atoms with Crippen LogP contribution in [0.5, 0.6) is 0 Å². The lowest BCUT2D eigenvalue weighted by Gasteiger charge is -2.28. The Labute approximate surface area is 481 Å². The first-order valence-electron chi connectivity index (χ1n) is 30.3. The maximum absolute atomic E-state index is 2.45. The molecular formula is C78H75N3. The van der Waals surface area contributed by atoms with E-state index in [9.17, 15) is 0 Å². The van der Waals surface area contributed by atoms with Gasteiger partial charge in [-0.05, 0) is 256 Å². The predicted molar refractivity (Wildman–Crippen MR) is 350 cm³/mol. The van der Waals surface area contributed by atoms with E-state index < -0.39 is 0 Å². The van der Waals surface area contributed by atoms with Gasteiger partial charge in [0, 0.05) is 51.2 Å². The highest BCUT2D eigenvalue weighted by Crippen LogP contribution is 2.46. The molecule has 0 N–H and O–H groups in total. The van der Waals surface area contributed by atoms with Crippen LogP contribution in [0, 0.1) is 20.8 Å². The first-order chi connectivity index (χ1) is 39.8. The van der Waals surface area contributed by atoms with E-state index in [0.717, 1.165) is 51.2 Å². The number of fused-ring (bicyclic) bond motifs is 6. The highest BCUT2D eigenvalue weighted by molar-refractivity contribution is 6.27. The average molecular weight is 1050 g/mol. The van der Waals surface area contributed by atoms with Gasteiger partial charge in [-0.3, -0.25) is 0 Å². The molecule has 10 aromatic carbocycles. The summed E-state index contributed by atoms with van der Waals surface area (Å²) in [5.74, 6) is 0. The number of nitrogens with zero attached hydrogens (tertiary/aromatic N) is 3. The standard InChI is InChI=1S/C78H75N3/c1-55-19-31-64(32-20-55)79(67-37-25-61(26-38-67)49-58-13-7-4-8-14-58)70-43-46-73-76(52-70)74-47-44-71(80(65-33-21-56(2)22-34-65)68-39-27-62(28-40-68)50-59-15-9-5-10-16-59)54-78(74)75-48-45-72(53-77(73)75)81(66-35-23-57(3)24-36-66)69-41-29-63(30-42-69)51-60-17-11-6-12-18-60/h19-54H,4-18H2,1-3H3. The monoisotopic (exact) mass is 1050 g/mol. The van der Waals surface area contributed by atoms with Crippen LogP contribution in [-0.2, 0) is 0 Å². The average Bonchev–Trinajstić information content (AvgIpc) is 3.57. The van der Waals surface area contributed by atoms with E-state index in [1.54, 1.807) is 16.7 Å². The summed E-state index contributed by atoms with van der Waals surface area (Å²) in [5.41, 5.74) is 22.5. The van der Waals surface area contributed by atoms with Crippen LogP contribution in [0.4, 0.5) is 51.2 Å². The maximum Gasteiger partial charge on any atom is 0.0468 e. The third kappa shape index (κ3) is 11.4. The Morgan fingerprint density at radius 1 is 0.222 bits per heavy atom. The first-order valence-corrected chi connectivity index (χ1v) is 30.3. The number of hydrogen-bond donors (Lipinski definition) is 0. The zero-order chi connectivity index (χ0) is 54.7. The Hall–Kier alpha value is -8.40. The highest BCUT2D eigenvalue weighted by Gasteiger charge is 2.21. The van der Waals surface area contributed by atoms with Gasteiger partial charge in [0.05, 0.1) is 0 Å². The molecule has 0 amide bonds. The Bertz CT molecular complexity index is 3480. The van der Waals surface area contributed by atoms with Crippen LogP contribution in [0.3, 0.4) is 0 Å². The second-order valence-electron chi connectivity index (χ2n) is 23.6. The minimum atomic E-state index is 1.12. The number of rotatable bonds is 12. The summed E-state index contributed by atoms with van der Waals surface area (Å²) in [7, 11) is 0. The molecule has 13 rings (SSSR count). The number of hydrogen-bond acceptors (Lipinski definition) is 3. The van der Waals surface area contributed by atoms with Crippen LogP contribution in [0.1, 0.15) is 130 Å². The molecule has 0 aromatic heterocycles. The molecule has 0 saturated heterocycles. The summed E-state index contributed by atoms with van der Waals surface area (Å²) in [4.78, 5) is 7.33. The molecule has 10 aromatic rings. The molecule has 0 unspecified atom stereocenters. The smallest absolute Gasteiger partial charge is 0.0468 e. The number of aryl methyl sites for hydroxylation is 3. The highest BCUT2D eigenvalue weighted by atomic mass is 15.2. The lowest BCUT2D eigenvalue weighted by Crippen LogP contribution is -2.11. The van der Waals surface area contributed by atoms with Gasteiger partial charge in [0.1, 0.15) is 0 Å². The molecule has 0 heterocycles. The molecular weight excluding hydrogens is 979 g/mol. The number of anilines is 9. The molecule has 3 aliphatic carbocycles. The van der Waals surface area contributed by atoms with Crippen molar-refractivity contribution in [1.82, 2.24) is 0 Å². The van der Waals surface area contributed by atoms with Crippen molar-refractivity contribution in [3.63, 3.8) is 0 Å². The summed E-state index contributed by atoms with van der Waals surface area (Å²) in [6, 6.07) is 76.4. The second kappa shape index (κ2) is 23.4. The van der Waals surface area contributed by atoms with Crippen molar-refractivity contribution in [1.29, 1.82) is 0 Å². The Kier molecular flexibility index (Phi) is 15.0. The molecule has 0 radical (unpaired) electrons. The van der Waals surface area contributed by atoms with E-state index in [-0.39, 0.29) is 0 Å². The fourth-order valence-electron chi connectivity index (χ4n) is 13.1. The molecule has 0 atom stereocenters. The summed E-state index contributed by atoms with van der Waals surface area (Å²) in [6.07, 6.45) is 26.4. The van der Waals surface area contributed by atoms with E-state index in [1.165, 1.54) is 162 Å². The Morgan fingerprint density at radius 2 is 0.432 bits per heavy atom. The third-order valence-corrected chi connectivity index (χ3v) is 17.6. The van der Waals surface area contributed by atoms with Gasteiger partial charge in [0.25, 0.3) is 0 Å². The zero-order valence-electron chi connectivity index (χ0n) is 47.7. The number of allylic oxidation sites excluding steroid dienone is 3. The lowest BCUT2D eigenvalue weighted by atomic mass is 9.92. The molecule has 3 fully saturated rings. The first kappa shape index (κ1) is 52.0. The van der Waals surface area contributed by atoms with Crippen molar-refractivity contribution in [2.24, 2.45) is 0 Å². The molecule has 3 heteroatoms. The summed E-state index contributed by atoms with van der Waals surface area (Å²) in [5, 5.41) is 7.34. The summed E-state index contributed by atoms with van der Waals surface area (Å²) < 4.78 is 0. The van der Waals surface area contributed by atoms with Gasteiger partial charge in [-0.1, -0.05) is 162 Å². The third-order valence-electron chi connectivity index (χ3n) is 17.6. The van der Waals surface area contributed by atoms with E-state index >= 15 is 0 Å². The Balaban J connectivity index is 0.995. The van der Waals surface area contributed by atoms with Crippen molar-refractivity contribution >= 4 is 102 Å². The number of benzene rings is 10. The van der Waals surface area contributed by atoms with Crippen molar-refractivity contribution in [3.05, 3.63) is 250 Å². The fraction of sp³-hybridized carbons (Fsp3) is 0.231. The van der Waals surface area contributed by atoms with Crippen molar-refractivity contribution in [3.8, 4) is 0 Å². The van der Waals surface area contributed by atoms with Crippen molar-refractivity contribution in [2.75, 3.05) is 14.7 Å². The van der Waals surface area contributed by atoms with E-state index in [2.05, 4.69) is 254 Å². The molecule has 0 aliphatic heterocycles. The molecule has 0 spiro atoms. The predicted octanol–water partition coefficient (Wildman–Crippen LogP) is 23.5. The van der Waals surface area contributed by atoms with E-state index in [1.807, 2.05) is 0 Å². The van der Waals surface area contributed by atoms with Crippen LogP contribution in [-0.4, -0.2) is 0 Å². The van der Waals surface area contributed by atoms with Crippen LogP contribution in [0.2, 0.25) is 0 Å². The van der Waals surface area contributed by atoms with Gasteiger partial charge in [-0.25, -0.2) is 0 Å². The van der Waals surface area contributed by atoms with Crippen molar-refractivity contribution in [2.45, 2.75) is 117 Å². The zero-order valence-corrected chi connectivity index (χ0v) is 47.7. The molecule has 81 heavy (non-hydrogen) atoms. The molecule has 3 nitrogen and oxygen atoms in total. The fourth-order valence-corrected chi connectivity index (χ4v) is 13.1. The van der Waals surface area contributed by atoms with E-state index in [0.29, 0.717) is 0 Å². The van der Waals surface area contributed by atoms with Crippen LogP contribution in [0.25, 0.3) is 50.5 Å². The second-order valence-corrected chi connectivity index (χ2v) is 23.6. The van der Waals surface area contributed by atoms with Crippen molar-refractivity contribution < 1.29 is 0 Å². The lowest BCUT2D eigenvalue weighted by molar-refractivity contribution is 0.602. The molecule has 402 valence electrons. The topological polar surface area (TPSA) is 9.72 Å². The van der Waals surface area contributed by atoms with Crippen LogP contribution >= 0.6 is 0 Å². The van der Waals surface area contributed by atoms with Gasteiger partial charge in [-0.15, -0.1) is 0 Å². The quantitative estimate of drug-likeness (QED) is 0.113. The largest absolute Gasteiger partial charge is 0.310 e. The van der Waals surface area contributed by atoms with Crippen LogP contribution < -0.4 is 14.7 Å². The van der Waals surface area contributed by atoms with Crippen LogP contribution in [0.15, 0.2) is 217 Å². The molecule has 3 aliphatic rings. The minimum Gasteiger partial charge on any atom is -0.310 e.